The molecule has 0 bridgehead atoms. The van der Waals surface area contributed by atoms with Crippen molar-refractivity contribution in [1.82, 2.24) is 4.31 Å². The monoisotopic (exact) mass is 319 g/mol. The van der Waals surface area contributed by atoms with E-state index in [9.17, 15) is 16.8 Å². The number of ether oxygens (including phenoxy) is 1. The third-order valence-electron chi connectivity index (χ3n) is 3.24. The molecule has 1 aromatic carbocycles. The summed E-state index contributed by atoms with van der Waals surface area (Å²) in [6.07, 6.45) is 0. The predicted molar refractivity (Wildman–Crippen MR) is 75.1 cm³/mol. The Bertz CT molecular complexity index is 695. The van der Waals surface area contributed by atoms with E-state index in [0.717, 1.165) is 5.56 Å². The summed E-state index contributed by atoms with van der Waals surface area (Å²) in [5.74, 6) is -0.00944. The van der Waals surface area contributed by atoms with Gasteiger partial charge in [0.05, 0.1) is 18.6 Å². The molecule has 20 heavy (non-hydrogen) atoms. The number of hydrogen-bond acceptors (Lipinski definition) is 5. The van der Waals surface area contributed by atoms with Gasteiger partial charge in [-0.15, -0.1) is 0 Å². The van der Waals surface area contributed by atoms with Gasteiger partial charge in [0.2, 0.25) is 10.0 Å². The maximum absolute atomic E-state index is 12.6. The number of nitrogens with zero attached hydrogens (tertiary/aromatic N) is 1. The molecule has 6 nitrogen and oxygen atoms in total. The van der Waals surface area contributed by atoms with Gasteiger partial charge in [0.25, 0.3) is 0 Å². The number of benzene rings is 1. The highest BCUT2D eigenvalue weighted by Crippen LogP contribution is 2.28. The summed E-state index contributed by atoms with van der Waals surface area (Å²) < 4.78 is 54.2. The molecule has 0 aliphatic carbocycles. The lowest BCUT2D eigenvalue weighted by molar-refractivity contribution is 0.393. The molecule has 0 unspecified atom stereocenters. The summed E-state index contributed by atoms with van der Waals surface area (Å²) in [4.78, 5) is 0.0827. The lowest BCUT2D eigenvalue weighted by atomic mass is 10.2. The molecular formula is C12H17NO5S2. The Labute approximate surface area is 119 Å². The van der Waals surface area contributed by atoms with Crippen LogP contribution in [0.3, 0.4) is 0 Å². The van der Waals surface area contributed by atoms with Crippen LogP contribution in [0.15, 0.2) is 23.1 Å². The van der Waals surface area contributed by atoms with Crippen LogP contribution in [0.5, 0.6) is 5.75 Å². The van der Waals surface area contributed by atoms with Gasteiger partial charge in [-0.3, -0.25) is 0 Å². The Kier molecular flexibility index (Phi) is 4.08. The summed E-state index contributed by atoms with van der Waals surface area (Å²) in [6.45, 7) is 1.77. The second-order valence-electron chi connectivity index (χ2n) is 4.71. The summed E-state index contributed by atoms with van der Waals surface area (Å²) >= 11 is 0. The lowest BCUT2D eigenvalue weighted by Crippen LogP contribution is -2.43. The van der Waals surface area contributed by atoms with Gasteiger partial charge in [-0.1, -0.05) is 6.07 Å². The molecule has 1 aliphatic rings. The summed E-state index contributed by atoms with van der Waals surface area (Å²) in [6, 6.07) is 4.90. The molecular weight excluding hydrogens is 302 g/mol. The smallest absolute Gasteiger partial charge is 0.246 e. The van der Waals surface area contributed by atoms with Gasteiger partial charge in [0.15, 0.2) is 9.84 Å². The van der Waals surface area contributed by atoms with Gasteiger partial charge < -0.3 is 4.74 Å². The fourth-order valence-corrected chi connectivity index (χ4v) is 5.17. The number of hydrogen-bond donors (Lipinski definition) is 0. The molecule has 0 spiro atoms. The third-order valence-corrected chi connectivity index (χ3v) is 6.77. The first-order chi connectivity index (χ1) is 9.26. The predicted octanol–water partition coefficient (Wildman–Crippen LogP) is 0.423. The highest BCUT2D eigenvalue weighted by Gasteiger charge is 2.33. The first kappa shape index (κ1) is 15.3. The van der Waals surface area contributed by atoms with E-state index < -0.39 is 19.9 Å². The van der Waals surface area contributed by atoms with Crippen LogP contribution in [-0.4, -0.2) is 52.8 Å². The molecule has 0 aromatic heterocycles. The van der Waals surface area contributed by atoms with Gasteiger partial charge in [0, 0.05) is 13.1 Å². The van der Waals surface area contributed by atoms with Gasteiger partial charge >= 0.3 is 0 Å². The van der Waals surface area contributed by atoms with E-state index in [4.69, 9.17) is 4.74 Å². The van der Waals surface area contributed by atoms with Crippen molar-refractivity contribution >= 4 is 19.9 Å². The number of sulfonamides is 1. The number of aryl methyl sites for hydroxylation is 1. The molecule has 0 amide bonds. The van der Waals surface area contributed by atoms with E-state index in [0.29, 0.717) is 0 Å². The summed E-state index contributed by atoms with van der Waals surface area (Å²) in [7, 11) is -5.45. The average molecular weight is 319 g/mol. The standard InChI is InChI=1S/C12H17NO5S2/c1-10-3-4-11(18-2)12(9-10)20(16,17)13-5-7-19(14,15)8-6-13/h3-4,9H,5-8H2,1-2H3. The highest BCUT2D eigenvalue weighted by molar-refractivity contribution is 7.92. The second kappa shape index (κ2) is 5.34. The fraction of sp³-hybridized carbons (Fsp3) is 0.500. The molecule has 1 aliphatic heterocycles. The largest absolute Gasteiger partial charge is 0.495 e. The van der Waals surface area contributed by atoms with Gasteiger partial charge in [0.1, 0.15) is 10.6 Å². The Hall–Kier alpha value is -1.12. The lowest BCUT2D eigenvalue weighted by Gasteiger charge is -2.26. The van der Waals surface area contributed by atoms with E-state index in [1.165, 1.54) is 17.5 Å². The molecule has 0 atom stereocenters. The van der Waals surface area contributed by atoms with Gasteiger partial charge in [-0.25, -0.2) is 16.8 Å². The number of sulfone groups is 1. The molecule has 2 rings (SSSR count). The summed E-state index contributed by atoms with van der Waals surface area (Å²) in [5, 5.41) is 0. The minimum absolute atomic E-state index is 0.0121. The molecule has 0 N–H and O–H groups in total. The van der Waals surface area contributed by atoms with Crippen molar-refractivity contribution in [2.24, 2.45) is 0 Å². The third kappa shape index (κ3) is 2.97. The van der Waals surface area contributed by atoms with Crippen molar-refractivity contribution in [2.75, 3.05) is 31.7 Å². The topological polar surface area (TPSA) is 80.8 Å². The van der Waals surface area contributed by atoms with Crippen LogP contribution in [0.1, 0.15) is 5.56 Å². The Morgan fingerprint density at radius 2 is 1.80 bits per heavy atom. The maximum Gasteiger partial charge on any atom is 0.246 e. The highest BCUT2D eigenvalue weighted by atomic mass is 32.2. The van der Waals surface area contributed by atoms with Crippen molar-refractivity contribution in [1.29, 1.82) is 0 Å². The van der Waals surface area contributed by atoms with Gasteiger partial charge in [-0.2, -0.15) is 4.31 Å². The van der Waals surface area contributed by atoms with Crippen LogP contribution >= 0.6 is 0 Å². The minimum atomic E-state index is -3.73. The van der Waals surface area contributed by atoms with E-state index in [-0.39, 0.29) is 35.2 Å². The second-order valence-corrected chi connectivity index (χ2v) is 8.92. The van der Waals surface area contributed by atoms with Crippen molar-refractivity contribution in [3.63, 3.8) is 0 Å². The maximum atomic E-state index is 12.6. The first-order valence-electron chi connectivity index (χ1n) is 6.11. The minimum Gasteiger partial charge on any atom is -0.495 e. The normalized spacial score (nSPS) is 19.7. The van der Waals surface area contributed by atoms with Crippen molar-refractivity contribution in [3.8, 4) is 5.75 Å². The molecule has 1 aromatic rings. The molecule has 1 saturated heterocycles. The van der Waals surface area contributed by atoms with E-state index in [2.05, 4.69) is 0 Å². The number of methoxy groups -OCH3 is 1. The molecule has 1 fully saturated rings. The molecule has 8 heteroatoms. The zero-order valence-electron chi connectivity index (χ0n) is 11.4. The molecule has 0 saturated carbocycles. The summed E-state index contributed by atoms with van der Waals surface area (Å²) in [5.41, 5.74) is 0.800. The van der Waals surface area contributed by atoms with Crippen LogP contribution in [0, 0.1) is 6.92 Å². The van der Waals surface area contributed by atoms with Crippen LogP contribution in [-0.2, 0) is 19.9 Å². The first-order valence-corrected chi connectivity index (χ1v) is 9.38. The molecule has 1 heterocycles. The Morgan fingerprint density at radius 1 is 1.20 bits per heavy atom. The average Bonchev–Trinajstić information content (AvgIpc) is 2.38. The van der Waals surface area contributed by atoms with Crippen LogP contribution in [0.2, 0.25) is 0 Å². The van der Waals surface area contributed by atoms with E-state index >= 15 is 0 Å². The van der Waals surface area contributed by atoms with Crippen LogP contribution < -0.4 is 4.74 Å². The zero-order chi connectivity index (χ0) is 15.0. The van der Waals surface area contributed by atoms with Crippen molar-refractivity contribution in [3.05, 3.63) is 23.8 Å². The van der Waals surface area contributed by atoms with Crippen molar-refractivity contribution in [2.45, 2.75) is 11.8 Å². The SMILES string of the molecule is COc1ccc(C)cc1S(=O)(=O)N1CCS(=O)(=O)CC1. The fourth-order valence-electron chi connectivity index (χ4n) is 2.06. The quantitative estimate of drug-likeness (QED) is 0.807. The van der Waals surface area contributed by atoms with Crippen LogP contribution in [0.4, 0.5) is 0 Å². The van der Waals surface area contributed by atoms with E-state index in [1.54, 1.807) is 19.1 Å². The van der Waals surface area contributed by atoms with Crippen LogP contribution in [0.25, 0.3) is 0 Å². The zero-order valence-corrected chi connectivity index (χ0v) is 13.0. The van der Waals surface area contributed by atoms with Gasteiger partial charge in [-0.05, 0) is 24.6 Å². The Morgan fingerprint density at radius 3 is 2.35 bits per heavy atom. The Balaban J connectivity index is 2.39. The molecule has 112 valence electrons. The molecule has 0 radical (unpaired) electrons. The van der Waals surface area contributed by atoms with Crippen molar-refractivity contribution < 1.29 is 21.6 Å². The number of rotatable bonds is 3. The van der Waals surface area contributed by atoms with E-state index in [1.807, 2.05) is 0 Å².